The second-order valence-corrected chi connectivity index (χ2v) is 30.2. The molecule has 0 saturated carbocycles. The van der Waals surface area contributed by atoms with Gasteiger partial charge >= 0.3 is 0 Å². The molecule has 7 nitrogen and oxygen atoms in total. The largest absolute Gasteiger partial charge is 0.456 e. The lowest BCUT2D eigenvalue weighted by Gasteiger charge is -2.37. The molecule has 3 aromatic heterocycles. The lowest BCUT2D eigenvalue weighted by Crippen LogP contribution is -2.31. The van der Waals surface area contributed by atoms with Crippen LogP contribution in [0.3, 0.4) is 0 Å². The summed E-state index contributed by atoms with van der Waals surface area (Å²) in [5.74, 6) is 3.77. The van der Waals surface area contributed by atoms with Crippen molar-refractivity contribution in [2.45, 2.75) is 16.2 Å². The van der Waals surface area contributed by atoms with Crippen LogP contribution in [0.4, 0.5) is 0 Å². The van der Waals surface area contributed by atoms with Gasteiger partial charge in [-0.15, -0.1) is 0 Å². The Labute approximate surface area is 672 Å². The predicted molar refractivity (Wildman–Crippen MR) is 469 cm³/mol. The summed E-state index contributed by atoms with van der Waals surface area (Å²) >= 11 is 0. The van der Waals surface area contributed by atoms with Crippen LogP contribution in [0, 0.1) is 0 Å². The zero-order chi connectivity index (χ0) is 76.7. The lowest BCUT2D eigenvalue weighted by molar-refractivity contribution is 0.668. The molecule has 3 aliphatic rings. The minimum absolute atomic E-state index is 0.473. The summed E-state index contributed by atoms with van der Waals surface area (Å²) in [6.07, 6.45) is 0. The molecule has 7 heteroatoms. The van der Waals surface area contributed by atoms with E-state index in [1.807, 2.05) is 97.1 Å². The van der Waals surface area contributed by atoms with Gasteiger partial charge in [0.2, 0.25) is 0 Å². The highest BCUT2D eigenvalue weighted by atomic mass is 16.3. The quantitative estimate of drug-likeness (QED) is 0.120. The summed E-state index contributed by atoms with van der Waals surface area (Å²) in [5, 5.41) is 4.64. The van der Waals surface area contributed by atoms with Crippen molar-refractivity contribution in [3.8, 4) is 102 Å². The molecular weight excluding hydrogens is 1410 g/mol. The van der Waals surface area contributed by atoms with Crippen molar-refractivity contribution < 1.29 is 4.42 Å². The van der Waals surface area contributed by atoms with E-state index in [0.717, 1.165) is 55.3 Å². The normalized spacial score (nSPS) is 14.2. The maximum atomic E-state index is 6.57. The molecule has 0 fully saturated rings. The molecule has 0 bridgehead atoms. The van der Waals surface area contributed by atoms with Crippen LogP contribution in [0.2, 0.25) is 0 Å². The first-order valence-electron chi connectivity index (χ1n) is 39.5. The maximum Gasteiger partial charge on any atom is 0.164 e. The Morgan fingerprint density at radius 3 is 0.991 bits per heavy atom. The van der Waals surface area contributed by atoms with Gasteiger partial charge in [0.1, 0.15) is 11.2 Å². The zero-order valence-electron chi connectivity index (χ0n) is 63.0. The van der Waals surface area contributed by atoms with Gasteiger partial charge in [0.25, 0.3) is 0 Å². The van der Waals surface area contributed by atoms with Gasteiger partial charge < -0.3 is 4.42 Å². The lowest BCUT2D eigenvalue weighted by atomic mass is 9.64. The van der Waals surface area contributed by atoms with Crippen LogP contribution in [0.5, 0.6) is 0 Å². The van der Waals surface area contributed by atoms with Gasteiger partial charge in [0.15, 0.2) is 34.9 Å². The molecule has 3 heterocycles. The standard InChI is InChI=1S/C63H41N3.C46H29N3O/c1-6-21-43(22-7-1)59-64-60(44-23-8-2-9-24-44)66-61(65-59)45-34-37-51-52-38-36-49(41-57(52)62(56(51)40-45,46-25-10-3-11-26-46)47-27-12-4-13-28-47)63(48-29-14-5-15-30-48)54-33-19-18-32-53(54)58-50-31-17-16-20-42(50)35-39-55(58)63;1-4-14-30(15-5-1)43-47-44(31-16-6-2-7-17-31)49-45(48-43)32-24-26-37-38-29-34(25-27-41(38)50-42(37)28-32)46(33-18-8-3-9-19-33)39-22-12-10-20-35(39)36-21-11-13-23-40(36)46/h1-41H;1-29H. The Morgan fingerprint density at radius 2 is 0.509 bits per heavy atom. The first kappa shape index (κ1) is 67.7. The number of rotatable bonds is 12. The number of furan rings is 1. The second kappa shape index (κ2) is 27.6. The third-order valence-corrected chi connectivity index (χ3v) is 24.1. The minimum Gasteiger partial charge on any atom is -0.456 e. The van der Waals surface area contributed by atoms with Crippen LogP contribution >= 0.6 is 0 Å². The molecule has 20 aromatic rings. The fraction of sp³-hybridized carbons (Fsp3) is 0.0275. The van der Waals surface area contributed by atoms with E-state index >= 15 is 0 Å². The van der Waals surface area contributed by atoms with E-state index in [9.17, 15) is 0 Å². The number of hydrogen-bond acceptors (Lipinski definition) is 7. The number of benzene rings is 17. The Hall–Kier alpha value is -15.2. The third kappa shape index (κ3) is 10.7. The average Bonchev–Trinajstić information content (AvgIpc) is 1.52. The highest BCUT2D eigenvalue weighted by Gasteiger charge is 2.52. The van der Waals surface area contributed by atoms with Crippen LogP contribution in [-0.4, -0.2) is 29.9 Å². The monoisotopic (exact) mass is 1480 g/mol. The fourth-order valence-electron chi connectivity index (χ4n) is 19.1. The summed E-state index contributed by atoms with van der Waals surface area (Å²) in [6.45, 7) is 0. The number of aromatic nitrogens is 6. The summed E-state index contributed by atoms with van der Waals surface area (Å²) in [5.41, 5.74) is 27.9. The first-order valence-corrected chi connectivity index (χ1v) is 39.5. The minimum atomic E-state index is -0.695. The van der Waals surface area contributed by atoms with E-state index in [2.05, 4.69) is 328 Å². The molecule has 0 spiro atoms. The van der Waals surface area contributed by atoms with Crippen molar-refractivity contribution in [2.75, 3.05) is 0 Å². The van der Waals surface area contributed by atoms with Crippen molar-refractivity contribution in [1.29, 1.82) is 0 Å². The van der Waals surface area contributed by atoms with E-state index < -0.39 is 16.2 Å². The molecule has 0 saturated heterocycles. The average molecular weight is 1480 g/mol. The van der Waals surface area contributed by atoms with Gasteiger partial charge in [-0.25, -0.2) is 29.9 Å². The summed E-state index contributed by atoms with van der Waals surface area (Å²) in [7, 11) is 0. The SMILES string of the molecule is c1ccc(-c2nc(-c3ccccc3)nc(-c3ccc4c(c3)C(c3ccccc3)(c3ccccc3)c3cc(C5(c6ccccc6)c6ccccc6-c6c5ccc5ccccc65)ccc3-4)n2)cc1.c1ccc(-c2nc(-c3ccccc3)nc(-c3ccc4c(c3)oc3ccc(C5(c6ccccc6)c6ccccc6-c6ccccc65)cc34)n2)cc1. The molecule has 17 aromatic carbocycles. The van der Waals surface area contributed by atoms with Crippen LogP contribution in [0.25, 0.3) is 134 Å². The molecule has 0 radical (unpaired) electrons. The van der Waals surface area contributed by atoms with E-state index in [-0.39, 0.29) is 0 Å². The van der Waals surface area contributed by atoms with Gasteiger partial charge in [-0.1, -0.05) is 394 Å². The van der Waals surface area contributed by atoms with E-state index in [1.54, 1.807) is 0 Å². The number of nitrogens with zero attached hydrogens (tertiary/aromatic N) is 6. The van der Waals surface area contributed by atoms with Gasteiger partial charge in [0.05, 0.1) is 16.2 Å². The van der Waals surface area contributed by atoms with Crippen molar-refractivity contribution in [2.24, 2.45) is 0 Å². The highest BCUT2D eigenvalue weighted by Crippen LogP contribution is 2.63. The number of hydrogen-bond donors (Lipinski definition) is 0. The summed E-state index contributed by atoms with van der Waals surface area (Å²) < 4.78 is 6.57. The molecular formula is C109H70N6O. The van der Waals surface area contributed by atoms with E-state index in [4.69, 9.17) is 34.3 Å². The molecule has 1 atom stereocenters. The molecule has 1 unspecified atom stereocenters. The molecule has 0 N–H and O–H groups in total. The van der Waals surface area contributed by atoms with Gasteiger partial charge in [-0.05, 0) is 141 Å². The Morgan fingerprint density at radius 1 is 0.172 bits per heavy atom. The fourth-order valence-corrected chi connectivity index (χ4v) is 19.1. The maximum absolute atomic E-state index is 6.57. The van der Waals surface area contributed by atoms with Crippen molar-refractivity contribution in [3.63, 3.8) is 0 Å². The van der Waals surface area contributed by atoms with E-state index in [0.29, 0.717) is 34.9 Å². The molecule has 0 amide bonds. The number of fused-ring (bicyclic) bond motifs is 14. The second-order valence-electron chi connectivity index (χ2n) is 30.2. The topological polar surface area (TPSA) is 90.5 Å². The Kier molecular flexibility index (Phi) is 16.1. The first-order chi connectivity index (χ1) is 57.5. The van der Waals surface area contributed by atoms with Crippen molar-refractivity contribution >= 4 is 32.7 Å². The highest BCUT2D eigenvalue weighted by molar-refractivity contribution is 6.07. The van der Waals surface area contributed by atoms with Crippen LogP contribution in [0.15, 0.2) is 429 Å². The van der Waals surface area contributed by atoms with Crippen molar-refractivity contribution in [1.82, 2.24) is 29.9 Å². The molecule has 0 aliphatic heterocycles. The molecule has 23 rings (SSSR count). The zero-order valence-corrected chi connectivity index (χ0v) is 63.0. The van der Waals surface area contributed by atoms with Gasteiger partial charge in [0, 0.05) is 44.2 Å². The molecule has 116 heavy (non-hydrogen) atoms. The van der Waals surface area contributed by atoms with E-state index in [1.165, 1.54) is 111 Å². The molecule has 3 aliphatic carbocycles. The third-order valence-electron chi connectivity index (χ3n) is 24.1. The van der Waals surface area contributed by atoms with Crippen LogP contribution in [-0.2, 0) is 16.2 Å². The summed E-state index contributed by atoms with van der Waals surface area (Å²) in [6, 6.07) is 152. The predicted octanol–water partition coefficient (Wildman–Crippen LogP) is 25.9. The Balaban J connectivity index is 0.000000146. The van der Waals surface area contributed by atoms with Gasteiger partial charge in [-0.3, -0.25) is 0 Å². The smallest absolute Gasteiger partial charge is 0.164 e. The van der Waals surface area contributed by atoms with Crippen molar-refractivity contribution in [3.05, 3.63) is 491 Å². The van der Waals surface area contributed by atoms with Gasteiger partial charge in [-0.2, -0.15) is 0 Å². The van der Waals surface area contributed by atoms with Crippen LogP contribution in [0.1, 0.15) is 66.8 Å². The molecule has 542 valence electrons. The Bertz CT molecular complexity index is 6980. The summed E-state index contributed by atoms with van der Waals surface area (Å²) in [4.78, 5) is 30.2. The van der Waals surface area contributed by atoms with Crippen LogP contribution < -0.4 is 0 Å².